The van der Waals surface area contributed by atoms with Gasteiger partial charge in [-0.25, -0.2) is 0 Å². The van der Waals surface area contributed by atoms with Gasteiger partial charge in [-0.15, -0.1) is 0 Å². The third kappa shape index (κ3) is 4.29. The van der Waals surface area contributed by atoms with Gasteiger partial charge >= 0.3 is 0 Å². The van der Waals surface area contributed by atoms with Gasteiger partial charge in [-0.3, -0.25) is 4.99 Å². The summed E-state index contributed by atoms with van der Waals surface area (Å²) in [5, 5.41) is 13.4. The highest BCUT2D eigenvalue weighted by molar-refractivity contribution is 5.80. The lowest BCUT2D eigenvalue weighted by Gasteiger charge is -2.37. The molecule has 1 aliphatic heterocycles. The predicted octanol–water partition coefficient (Wildman–Crippen LogP) is 2.14. The maximum Gasteiger partial charge on any atom is 0.193 e. The summed E-state index contributed by atoms with van der Waals surface area (Å²) >= 11 is 0. The molecule has 5 heteroatoms. The van der Waals surface area contributed by atoms with Gasteiger partial charge < -0.3 is 20.2 Å². The second kappa shape index (κ2) is 7.92. The number of phenolic OH excluding ortho intramolecular Hbond substituents is 1. The molecule has 1 heterocycles. The van der Waals surface area contributed by atoms with Crippen molar-refractivity contribution in [3.8, 4) is 5.75 Å². The van der Waals surface area contributed by atoms with Crippen molar-refractivity contribution in [2.24, 2.45) is 10.9 Å². The molecule has 1 fully saturated rings. The van der Waals surface area contributed by atoms with E-state index in [0.717, 1.165) is 50.8 Å². The fourth-order valence-corrected chi connectivity index (χ4v) is 2.70. The molecule has 0 unspecified atom stereocenters. The zero-order valence-corrected chi connectivity index (χ0v) is 13.9. The van der Waals surface area contributed by atoms with Crippen LogP contribution < -0.4 is 10.2 Å². The Balaban J connectivity index is 1.87. The molecule has 0 amide bonds. The fraction of sp³-hybridized carbons (Fsp3) is 0.588. The van der Waals surface area contributed by atoms with E-state index in [2.05, 4.69) is 34.0 Å². The van der Waals surface area contributed by atoms with Gasteiger partial charge in [-0.05, 0) is 24.5 Å². The van der Waals surface area contributed by atoms with E-state index in [0.29, 0.717) is 11.7 Å². The first-order valence-electron chi connectivity index (χ1n) is 8.10. The van der Waals surface area contributed by atoms with Crippen LogP contribution >= 0.6 is 0 Å². The van der Waals surface area contributed by atoms with Crippen LogP contribution in [-0.4, -0.2) is 55.7 Å². The molecule has 2 N–H and O–H groups in total. The lowest BCUT2D eigenvalue weighted by Crippen LogP contribution is -2.52. The van der Waals surface area contributed by atoms with Crippen molar-refractivity contribution in [1.29, 1.82) is 0 Å². The summed E-state index contributed by atoms with van der Waals surface area (Å²) in [4.78, 5) is 8.91. The van der Waals surface area contributed by atoms with Crippen molar-refractivity contribution in [2.45, 2.75) is 20.3 Å². The summed E-state index contributed by atoms with van der Waals surface area (Å²) in [6.07, 6.45) is 1.15. The number of aromatic hydroxyl groups is 1. The summed E-state index contributed by atoms with van der Waals surface area (Å²) < 4.78 is 0. The number of rotatable bonds is 4. The highest BCUT2D eigenvalue weighted by Crippen LogP contribution is 2.27. The topological polar surface area (TPSA) is 51.1 Å². The maximum absolute atomic E-state index is 9.96. The number of nitrogens with zero attached hydrogens (tertiary/aromatic N) is 3. The Labute approximate surface area is 133 Å². The van der Waals surface area contributed by atoms with Crippen molar-refractivity contribution in [2.75, 3.05) is 44.7 Å². The highest BCUT2D eigenvalue weighted by Gasteiger charge is 2.21. The van der Waals surface area contributed by atoms with Gasteiger partial charge in [-0.1, -0.05) is 26.0 Å². The van der Waals surface area contributed by atoms with Gasteiger partial charge in [0.05, 0.1) is 5.69 Å². The van der Waals surface area contributed by atoms with E-state index in [-0.39, 0.29) is 0 Å². The summed E-state index contributed by atoms with van der Waals surface area (Å²) in [6, 6.07) is 7.54. The first kappa shape index (κ1) is 16.5. The summed E-state index contributed by atoms with van der Waals surface area (Å²) in [6.45, 7) is 9.03. The van der Waals surface area contributed by atoms with Gasteiger partial charge in [0.25, 0.3) is 0 Å². The number of nitrogens with one attached hydrogen (secondary N) is 1. The first-order valence-corrected chi connectivity index (χ1v) is 8.10. The number of phenols is 1. The van der Waals surface area contributed by atoms with Crippen LogP contribution in [0.1, 0.15) is 20.3 Å². The summed E-state index contributed by atoms with van der Waals surface area (Å²) in [5.74, 6) is 2.04. The van der Waals surface area contributed by atoms with E-state index in [9.17, 15) is 5.11 Å². The number of para-hydroxylation sites is 2. The van der Waals surface area contributed by atoms with Crippen LogP contribution in [-0.2, 0) is 0 Å². The zero-order chi connectivity index (χ0) is 15.9. The van der Waals surface area contributed by atoms with Gasteiger partial charge in [0.15, 0.2) is 5.96 Å². The number of hydrogen-bond donors (Lipinski definition) is 2. The molecule has 1 aromatic carbocycles. The van der Waals surface area contributed by atoms with Crippen LogP contribution in [0.5, 0.6) is 5.75 Å². The summed E-state index contributed by atoms with van der Waals surface area (Å²) in [7, 11) is 1.84. The molecule has 0 aliphatic carbocycles. The SMILES string of the molecule is CN=C(NCCC(C)C)N1CCN(c2ccccc2O)CC1. The van der Waals surface area contributed by atoms with Crippen molar-refractivity contribution in [3.05, 3.63) is 24.3 Å². The standard InChI is InChI=1S/C17H28N4O/c1-14(2)8-9-19-17(18-3)21-12-10-20(11-13-21)15-6-4-5-7-16(15)22/h4-7,14,22H,8-13H2,1-3H3,(H,18,19). The normalized spacial score (nSPS) is 16.3. The number of aliphatic imine (C=N–C) groups is 1. The average Bonchev–Trinajstić information content (AvgIpc) is 2.52. The predicted molar refractivity (Wildman–Crippen MR) is 92.7 cm³/mol. The Morgan fingerprint density at radius 1 is 1.23 bits per heavy atom. The van der Waals surface area contributed by atoms with Crippen molar-refractivity contribution >= 4 is 11.6 Å². The van der Waals surface area contributed by atoms with Crippen molar-refractivity contribution in [3.63, 3.8) is 0 Å². The van der Waals surface area contributed by atoms with E-state index in [4.69, 9.17) is 0 Å². The van der Waals surface area contributed by atoms with Crippen LogP contribution in [0, 0.1) is 5.92 Å². The molecule has 0 aromatic heterocycles. The van der Waals surface area contributed by atoms with Crippen LogP contribution in [0.3, 0.4) is 0 Å². The second-order valence-corrected chi connectivity index (χ2v) is 6.12. The number of piperazine rings is 1. The molecule has 122 valence electrons. The molecule has 1 saturated heterocycles. The van der Waals surface area contributed by atoms with E-state index >= 15 is 0 Å². The molecule has 1 aromatic rings. The Morgan fingerprint density at radius 3 is 2.50 bits per heavy atom. The number of benzene rings is 1. The molecule has 2 rings (SSSR count). The Bertz CT molecular complexity index is 493. The monoisotopic (exact) mass is 304 g/mol. The summed E-state index contributed by atoms with van der Waals surface area (Å²) in [5.41, 5.74) is 0.921. The molecular formula is C17H28N4O. The highest BCUT2D eigenvalue weighted by atomic mass is 16.3. The average molecular weight is 304 g/mol. The number of hydrogen-bond acceptors (Lipinski definition) is 3. The lowest BCUT2D eigenvalue weighted by molar-refractivity contribution is 0.368. The van der Waals surface area contributed by atoms with Crippen molar-refractivity contribution in [1.82, 2.24) is 10.2 Å². The van der Waals surface area contributed by atoms with Crippen LogP contribution in [0.4, 0.5) is 5.69 Å². The third-order valence-corrected chi connectivity index (χ3v) is 4.02. The number of guanidine groups is 1. The third-order valence-electron chi connectivity index (χ3n) is 4.02. The molecule has 0 radical (unpaired) electrons. The minimum Gasteiger partial charge on any atom is -0.506 e. The molecule has 22 heavy (non-hydrogen) atoms. The minimum atomic E-state index is 0.357. The van der Waals surface area contributed by atoms with E-state index in [1.807, 2.05) is 25.2 Å². The molecule has 0 saturated carbocycles. The molecular weight excluding hydrogens is 276 g/mol. The Morgan fingerprint density at radius 2 is 1.91 bits per heavy atom. The molecule has 0 bridgehead atoms. The van der Waals surface area contributed by atoms with Gasteiger partial charge in [0.1, 0.15) is 5.75 Å². The fourth-order valence-electron chi connectivity index (χ4n) is 2.70. The quantitative estimate of drug-likeness (QED) is 0.661. The maximum atomic E-state index is 9.96. The van der Waals surface area contributed by atoms with Gasteiger partial charge in [-0.2, -0.15) is 0 Å². The van der Waals surface area contributed by atoms with Crippen LogP contribution in [0.2, 0.25) is 0 Å². The molecule has 0 atom stereocenters. The van der Waals surface area contributed by atoms with Gasteiger partial charge in [0.2, 0.25) is 0 Å². The number of anilines is 1. The largest absolute Gasteiger partial charge is 0.506 e. The van der Waals surface area contributed by atoms with Crippen LogP contribution in [0.15, 0.2) is 29.3 Å². The molecule has 1 aliphatic rings. The van der Waals surface area contributed by atoms with Gasteiger partial charge in [0, 0.05) is 39.8 Å². The van der Waals surface area contributed by atoms with E-state index in [1.54, 1.807) is 6.07 Å². The lowest BCUT2D eigenvalue weighted by atomic mass is 10.1. The van der Waals surface area contributed by atoms with E-state index < -0.39 is 0 Å². The Hall–Kier alpha value is -1.91. The zero-order valence-electron chi connectivity index (χ0n) is 13.9. The van der Waals surface area contributed by atoms with E-state index in [1.165, 1.54) is 0 Å². The first-order chi connectivity index (χ1) is 10.6. The van der Waals surface area contributed by atoms with Crippen molar-refractivity contribution < 1.29 is 5.11 Å². The van der Waals surface area contributed by atoms with Crippen LogP contribution in [0.25, 0.3) is 0 Å². The smallest absolute Gasteiger partial charge is 0.193 e. The molecule has 5 nitrogen and oxygen atoms in total. The minimum absolute atomic E-state index is 0.357. The molecule has 0 spiro atoms. The Kier molecular flexibility index (Phi) is 5.92. The second-order valence-electron chi connectivity index (χ2n) is 6.12.